The van der Waals surface area contributed by atoms with Crippen LogP contribution in [-0.2, 0) is 4.84 Å². The highest BCUT2D eigenvalue weighted by Crippen LogP contribution is 2.20. The predicted molar refractivity (Wildman–Crippen MR) is 114 cm³/mol. The van der Waals surface area contributed by atoms with Crippen LogP contribution < -0.4 is 5.32 Å². The van der Waals surface area contributed by atoms with Crippen LogP contribution in [0.2, 0.25) is 5.02 Å². The van der Waals surface area contributed by atoms with Crippen molar-refractivity contribution in [3.05, 3.63) is 64.2 Å². The van der Waals surface area contributed by atoms with Crippen LogP contribution >= 0.6 is 11.6 Å². The second-order valence-electron chi connectivity index (χ2n) is 6.71. The van der Waals surface area contributed by atoms with Crippen molar-refractivity contribution in [2.45, 2.75) is 6.92 Å². The summed E-state index contributed by atoms with van der Waals surface area (Å²) in [4.78, 5) is 33.3. The van der Waals surface area contributed by atoms with Crippen molar-refractivity contribution in [3.63, 3.8) is 0 Å². The predicted octanol–water partition coefficient (Wildman–Crippen LogP) is 3.62. The van der Waals surface area contributed by atoms with E-state index in [9.17, 15) is 9.59 Å². The topological polar surface area (TPSA) is 74.2 Å². The second-order valence-corrected chi connectivity index (χ2v) is 7.12. The van der Waals surface area contributed by atoms with Gasteiger partial charge in [-0.25, -0.2) is 4.79 Å². The zero-order valence-corrected chi connectivity index (χ0v) is 17.1. The quantitative estimate of drug-likeness (QED) is 0.613. The maximum atomic E-state index is 12.7. The molecule has 0 radical (unpaired) electrons. The van der Waals surface area contributed by atoms with Gasteiger partial charge < -0.3 is 20.0 Å². The fourth-order valence-corrected chi connectivity index (χ4v) is 3.17. The van der Waals surface area contributed by atoms with Gasteiger partial charge in [-0.05, 0) is 42.3 Å². The molecule has 0 atom stereocenters. The molecule has 2 aromatic carbocycles. The van der Waals surface area contributed by atoms with E-state index in [0.717, 1.165) is 11.1 Å². The monoisotopic (exact) mass is 414 g/mol. The number of aryl methyl sites for hydroxylation is 1. The van der Waals surface area contributed by atoms with Crippen molar-refractivity contribution in [3.8, 4) is 0 Å². The summed E-state index contributed by atoms with van der Waals surface area (Å²) in [5.74, 6) is -0.0504. The number of urea groups is 1. The molecule has 1 N–H and O–H groups in total. The Morgan fingerprint density at radius 1 is 1.07 bits per heavy atom. The highest BCUT2D eigenvalue weighted by molar-refractivity contribution is 6.31. The first-order valence-corrected chi connectivity index (χ1v) is 9.63. The van der Waals surface area contributed by atoms with Crippen molar-refractivity contribution in [1.82, 2.24) is 9.80 Å². The van der Waals surface area contributed by atoms with Gasteiger partial charge in [0.2, 0.25) is 0 Å². The minimum Gasteiger partial charge on any atom is -0.399 e. The number of carbonyl (C=O) groups excluding carboxylic acids is 2. The van der Waals surface area contributed by atoms with Crippen LogP contribution in [-0.4, -0.2) is 61.2 Å². The van der Waals surface area contributed by atoms with Crippen molar-refractivity contribution in [1.29, 1.82) is 0 Å². The molecule has 0 aliphatic carbocycles. The molecule has 0 saturated carbocycles. The third kappa shape index (κ3) is 5.26. The van der Waals surface area contributed by atoms with E-state index in [1.807, 2.05) is 31.2 Å². The number of piperazine rings is 1. The molecule has 0 unspecified atom stereocenters. The average molecular weight is 415 g/mol. The molecule has 3 rings (SSSR count). The van der Waals surface area contributed by atoms with Gasteiger partial charge in [0, 0.05) is 42.5 Å². The summed E-state index contributed by atoms with van der Waals surface area (Å²) in [5.41, 5.74) is 3.06. The maximum Gasteiger partial charge on any atom is 0.321 e. The molecule has 1 saturated heterocycles. The Bertz CT molecular complexity index is 907. The number of benzene rings is 2. The van der Waals surface area contributed by atoms with Gasteiger partial charge in [-0.1, -0.05) is 35.0 Å². The molecule has 1 aliphatic heterocycles. The molecule has 3 amide bonds. The molecule has 0 spiro atoms. The van der Waals surface area contributed by atoms with E-state index >= 15 is 0 Å². The third-order valence-electron chi connectivity index (χ3n) is 4.74. The summed E-state index contributed by atoms with van der Waals surface area (Å²) in [6.45, 7) is 3.80. The van der Waals surface area contributed by atoms with E-state index in [-0.39, 0.29) is 11.9 Å². The lowest BCUT2D eigenvalue weighted by atomic mass is 10.1. The first-order chi connectivity index (χ1) is 14.0. The van der Waals surface area contributed by atoms with Crippen LogP contribution in [0.4, 0.5) is 10.5 Å². The maximum absolute atomic E-state index is 12.7. The van der Waals surface area contributed by atoms with Gasteiger partial charge in [0.25, 0.3) is 5.91 Å². The Balaban J connectivity index is 1.54. The molecular weight excluding hydrogens is 392 g/mol. The summed E-state index contributed by atoms with van der Waals surface area (Å²) in [7, 11) is 1.48. The lowest BCUT2D eigenvalue weighted by molar-refractivity contribution is 0.0671. The van der Waals surface area contributed by atoms with Gasteiger partial charge in [-0.2, -0.15) is 0 Å². The number of carbonyl (C=O) groups is 2. The fourth-order valence-electron chi connectivity index (χ4n) is 2.99. The summed E-state index contributed by atoms with van der Waals surface area (Å²) in [5, 5.41) is 7.16. The van der Waals surface area contributed by atoms with Gasteiger partial charge >= 0.3 is 6.03 Å². The molecule has 152 valence electrons. The van der Waals surface area contributed by atoms with E-state index in [0.29, 0.717) is 42.5 Å². The lowest BCUT2D eigenvalue weighted by Crippen LogP contribution is -2.51. The number of oxime groups is 1. The number of hydrogen-bond donors (Lipinski definition) is 1. The summed E-state index contributed by atoms with van der Waals surface area (Å²) >= 11 is 6.11. The van der Waals surface area contributed by atoms with Gasteiger partial charge in [0.15, 0.2) is 0 Å². The summed E-state index contributed by atoms with van der Waals surface area (Å²) in [6.07, 6.45) is 1.58. The van der Waals surface area contributed by atoms with Crippen LogP contribution in [0.25, 0.3) is 0 Å². The number of rotatable bonds is 4. The van der Waals surface area contributed by atoms with Crippen LogP contribution in [0.15, 0.2) is 47.6 Å². The molecular formula is C21H23ClN4O3. The van der Waals surface area contributed by atoms with Gasteiger partial charge in [-0.3, -0.25) is 4.79 Å². The first-order valence-electron chi connectivity index (χ1n) is 9.26. The van der Waals surface area contributed by atoms with Crippen LogP contribution in [0, 0.1) is 6.92 Å². The average Bonchev–Trinajstić information content (AvgIpc) is 2.75. The second kappa shape index (κ2) is 9.43. The normalized spacial score (nSPS) is 14.2. The van der Waals surface area contributed by atoms with Gasteiger partial charge in [0.05, 0.1) is 6.21 Å². The van der Waals surface area contributed by atoms with Crippen molar-refractivity contribution in [2.75, 3.05) is 38.6 Å². The molecule has 2 aromatic rings. The number of nitrogens with one attached hydrogen (secondary N) is 1. The molecule has 7 nitrogen and oxygen atoms in total. The van der Waals surface area contributed by atoms with E-state index in [4.69, 9.17) is 11.6 Å². The van der Waals surface area contributed by atoms with Crippen LogP contribution in [0.5, 0.6) is 0 Å². The third-order valence-corrected chi connectivity index (χ3v) is 5.15. The molecule has 0 aromatic heterocycles. The number of anilines is 1. The Hall–Kier alpha value is -3.06. The molecule has 8 heteroatoms. The van der Waals surface area contributed by atoms with E-state index in [2.05, 4.69) is 15.3 Å². The lowest BCUT2D eigenvalue weighted by Gasteiger charge is -2.34. The van der Waals surface area contributed by atoms with Crippen LogP contribution in [0.3, 0.4) is 0 Å². The van der Waals surface area contributed by atoms with E-state index in [1.54, 1.807) is 34.2 Å². The molecule has 0 bridgehead atoms. The highest BCUT2D eigenvalue weighted by atomic mass is 35.5. The fraction of sp³-hybridized carbons (Fsp3) is 0.286. The molecule has 1 aliphatic rings. The Labute approximate surface area is 174 Å². The zero-order chi connectivity index (χ0) is 20.8. The molecule has 1 fully saturated rings. The molecule has 1 heterocycles. The van der Waals surface area contributed by atoms with E-state index < -0.39 is 0 Å². The minimum atomic E-state index is -0.196. The molecule has 29 heavy (non-hydrogen) atoms. The summed E-state index contributed by atoms with van der Waals surface area (Å²) in [6, 6.07) is 12.4. The van der Waals surface area contributed by atoms with Gasteiger partial charge in [-0.15, -0.1) is 0 Å². The van der Waals surface area contributed by atoms with Gasteiger partial charge in [0.1, 0.15) is 7.11 Å². The Morgan fingerprint density at radius 3 is 2.34 bits per heavy atom. The van der Waals surface area contributed by atoms with Crippen molar-refractivity contribution in [2.24, 2.45) is 5.16 Å². The standard InChI is InChI=1S/C21H23ClN4O3/c1-15-3-8-18(13-19(15)22)24-21(28)26-11-9-25(10-12-26)20(27)17-6-4-16(5-7-17)14-23-29-2/h3-8,13-14H,9-12H2,1-2H3,(H,24,28)/b23-14+. The Kier molecular flexibility index (Phi) is 6.72. The number of halogens is 1. The SMILES string of the molecule is CO/N=C/c1ccc(C(=O)N2CCN(C(=O)Nc3ccc(C)c(Cl)c3)CC2)cc1. The highest BCUT2D eigenvalue weighted by Gasteiger charge is 2.25. The zero-order valence-electron chi connectivity index (χ0n) is 16.4. The Morgan fingerprint density at radius 2 is 1.72 bits per heavy atom. The van der Waals surface area contributed by atoms with Crippen molar-refractivity contribution < 1.29 is 14.4 Å². The van der Waals surface area contributed by atoms with Crippen molar-refractivity contribution >= 4 is 35.4 Å². The smallest absolute Gasteiger partial charge is 0.321 e. The summed E-state index contributed by atoms with van der Waals surface area (Å²) < 4.78 is 0. The number of nitrogens with zero attached hydrogens (tertiary/aromatic N) is 3. The van der Waals surface area contributed by atoms with Crippen LogP contribution in [0.1, 0.15) is 21.5 Å². The largest absolute Gasteiger partial charge is 0.399 e. The number of hydrogen-bond acceptors (Lipinski definition) is 4. The first kappa shape index (κ1) is 20.7. The minimum absolute atomic E-state index is 0.0504. The van der Waals surface area contributed by atoms with E-state index in [1.165, 1.54) is 7.11 Å². The number of amides is 3.